The Morgan fingerprint density at radius 3 is 2.55 bits per heavy atom. The van der Waals surface area contributed by atoms with Crippen LogP contribution in [-0.4, -0.2) is 31.5 Å². The molecular formula is C23H19IN4O2S. The fraction of sp³-hybridized carbons (Fsp3) is 0.0870. The molecule has 0 spiro atoms. The summed E-state index contributed by atoms with van der Waals surface area (Å²) in [4.78, 5) is 12.5. The monoisotopic (exact) mass is 542 g/mol. The van der Waals surface area contributed by atoms with Crippen LogP contribution in [0.2, 0.25) is 0 Å². The highest BCUT2D eigenvalue weighted by molar-refractivity contribution is 14.1. The normalized spacial score (nSPS) is 10.7. The van der Waals surface area contributed by atoms with Gasteiger partial charge < -0.3 is 10.4 Å². The summed E-state index contributed by atoms with van der Waals surface area (Å²) < 4.78 is 2.98. The fourth-order valence-electron chi connectivity index (χ4n) is 3.06. The molecule has 3 aromatic carbocycles. The molecule has 4 rings (SSSR count). The zero-order valence-electron chi connectivity index (χ0n) is 16.4. The largest absolute Gasteiger partial charge is 0.507 e. The predicted octanol–water partition coefficient (Wildman–Crippen LogP) is 5.03. The van der Waals surface area contributed by atoms with Crippen molar-refractivity contribution < 1.29 is 9.90 Å². The van der Waals surface area contributed by atoms with Crippen molar-refractivity contribution >= 4 is 45.9 Å². The Bertz CT molecular complexity index is 1200. The molecule has 0 fully saturated rings. The summed E-state index contributed by atoms with van der Waals surface area (Å²) in [5.74, 6) is 0.768. The lowest BCUT2D eigenvalue weighted by Crippen LogP contribution is -2.15. The van der Waals surface area contributed by atoms with E-state index in [-0.39, 0.29) is 17.4 Å². The van der Waals surface area contributed by atoms with Crippen LogP contribution in [0.1, 0.15) is 5.56 Å². The molecule has 0 radical (unpaired) electrons. The number of anilines is 1. The average Bonchev–Trinajstić information content (AvgIpc) is 3.15. The first kappa shape index (κ1) is 21.4. The van der Waals surface area contributed by atoms with Gasteiger partial charge in [-0.05, 0) is 58.5 Å². The molecule has 0 saturated carbocycles. The van der Waals surface area contributed by atoms with Gasteiger partial charge in [0, 0.05) is 9.26 Å². The number of phenols is 1. The van der Waals surface area contributed by atoms with E-state index in [9.17, 15) is 9.90 Å². The summed E-state index contributed by atoms with van der Waals surface area (Å²) in [7, 11) is 0. The van der Waals surface area contributed by atoms with Crippen molar-refractivity contribution in [2.45, 2.75) is 11.7 Å². The number of phenolic OH excluding ortho intramolecular Hbond substituents is 1. The second kappa shape index (κ2) is 9.97. The number of hydrogen-bond acceptors (Lipinski definition) is 5. The summed E-state index contributed by atoms with van der Waals surface area (Å²) in [6.07, 6.45) is 0. The molecule has 0 aliphatic carbocycles. The van der Waals surface area contributed by atoms with E-state index in [1.807, 2.05) is 65.2 Å². The van der Waals surface area contributed by atoms with Gasteiger partial charge in [-0.1, -0.05) is 60.3 Å². The standard InChI is InChI=1S/C23H19IN4O2S/c24-17-9-6-10-18(13-17)25-21(30)15-31-23-27-26-22(19-11-4-5-12-20(19)29)28(23)14-16-7-2-1-3-8-16/h1-13,29H,14-15H2,(H,25,30). The van der Waals surface area contributed by atoms with Crippen molar-refractivity contribution in [1.82, 2.24) is 14.8 Å². The second-order valence-electron chi connectivity index (χ2n) is 6.74. The van der Waals surface area contributed by atoms with E-state index < -0.39 is 0 Å². The molecule has 0 aliphatic heterocycles. The summed E-state index contributed by atoms with van der Waals surface area (Å²) in [5, 5.41) is 22.5. The number of aromatic nitrogens is 3. The maximum Gasteiger partial charge on any atom is 0.234 e. The number of hydrogen-bond donors (Lipinski definition) is 2. The van der Waals surface area contributed by atoms with E-state index in [1.165, 1.54) is 11.8 Å². The Labute approximate surface area is 197 Å². The average molecular weight is 542 g/mol. The summed E-state index contributed by atoms with van der Waals surface area (Å²) in [6, 6.07) is 24.6. The van der Waals surface area contributed by atoms with Crippen molar-refractivity contribution in [1.29, 1.82) is 0 Å². The van der Waals surface area contributed by atoms with Gasteiger partial charge in [-0.15, -0.1) is 10.2 Å². The van der Waals surface area contributed by atoms with E-state index in [2.05, 4.69) is 38.1 Å². The van der Waals surface area contributed by atoms with Crippen LogP contribution in [0.4, 0.5) is 5.69 Å². The number of carbonyl (C=O) groups is 1. The third-order valence-corrected chi connectivity index (χ3v) is 6.12. The Morgan fingerprint density at radius 2 is 1.77 bits per heavy atom. The maximum atomic E-state index is 12.5. The number of rotatable bonds is 7. The molecule has 0 unspecified atom stereocenters. The number of nitrogens with one attached hydrogen (secondary N) is 1. The molecule has 6 nitrogen and oxygen atoms in total. The van der Waals surface area contributed by atoms with E-state index in [1.54, 1.807) is 18.2 Å². The number of benzene rings is 3. The van der Waals surface area contributed by atoms with Gasteiger partial charge in [0.1, 0.15) is 5.75 Å². The first-order valence-electron chi connectivity index (χ1n) is 9.54. The predicted molar refractivity (Wildman–Crippen MR) is 131 cm³/mol. The van der Waals surface area contributed by atoms with Gasteiger partial charge in [-0.25, -0.2) is 0 Å². The lowest BCUT2D eigenvalue weighted by atomic mass is 10.1. The fourth-order valence-corrected chi connectivity index (χ4v) is 4.34. The number of carbonyl (C=O) groups excluding carboxylic acids is 1. The quantitative estimate of drug-likeness (QED) is 0.253. The minimum Gasteiger partial charge on any atom is -0.507 e. The molecule has 0 atom stereocenters. The first-order valence-corrected chi connectivity index (χ1v) is 11.6. The number of para-hydroxylation sites is 1. The van der Waals surface area contributed by atoms with E-state index >= 15 is 0 Å². The zero-order valence-corrected chi connectivity index (χ0v) is 19.4. The topological polar surface area (TPSA) is 80.0 Å². The highest BCUT2D eigenvalue weighted by Gasteiger charge is 2.18. The molecule has 0 saturated heterocycles. The summed E-state index contributed by atoms with van der Waals surface area (Å²) in [5.41, 5.74) is 2.43. The van der Waals surface area contributed by atoms with Crippen LogP contribution in [0.5, 0.6) is 5.75 Å². The van der Waals surface area contributed by atoms with Crippen LogP contribution < -0.4 is 5.32 Å². The third kappa shape index (κ3) is 5.45. The number of thioether (sulfide) groups is 1. The van der Waals surface area contributed by atoms with Crippen LogP contribution in [0.15, 0.2) is 84.0 Å². The minimum atomic E-state index is -0.120. The molecule has 0 aliphatic rings. The summed E-state index contributed by atoms with van der Waals surface area (Å²) in [6.45, 7) is 0.526. The van der Waals surface area contributed by atoms with Gasteiger partial charge in [-0.3, -0.25) is 9.36 Å². The third-order valence-electron chi connectivity index (χ3n) is 4.49. The zero-order chi connectivity index (χ0) is 21.6. The molecule has 1 aromatic heterocycles. The van der Waals surface area contributed by atoms with Gasteiger partial charge in [-0.2, -0.15) is 0 Å². The second-order valence-corrected chi connectivity index (χ2v) is 8.93. The number of aromatic hydroxyl groups is 1. The Balaban J connectivity index is 1.57. The maximum absolute atomic E-state index is 12.5. The highest BCUT2D eigenvalue weighted by atomic mass is 127. The van der Waals surface area contributed by atoms with E-state index in [0.29, 0.717) is 23.1 Å². The van der Waals surface area contributed by atoms with Crippen molar-refractivity contribution in [3.63, 3.8) is 0 Å². The van der Waals surface area contributed by atoms with Gasteiger partial charge in [0.25, 0.3) is 0 Å². The van der Waals surface area contributed by atoms with Crippen molar-refractivity contribution in [2.24, 2.45) is 0 Å². The molecule has 156 valence electrons. The van der Waals surface area contributed by atoms with Gasteiger partial charge >= 0.3 is 0 Å². The Hall–Kier alpha value is -2.85. The lowest BCUT2D eigenvalue weighted by Gasteiger charge is -2.11. The SMILES string of the molecule is O=C(CSc1nnc(-c2ccccc2O)n1Cc1ccccc1)Nc1cccc(I)c1. The molecule has 1 heterocycles. The Morgan fingerprint density at radius 1 is 1.00 bits per heavy atom. The Kier molecular flexibility index (Phi) is 6.88. The molecule has 8 heteroatoms. The first-order chi connectivity index (χ1) is 15.1. The lowest BCUT2D eigenvalue weighted by molar-refractivity contribution is -0.113. The molecule has 0 bridgehead atoms. The molecule has 31 heavy (non-hydrogen) atoms. The number of halogens is 1. The van der Waals surface area contributed by atoms with Crippen molar-refractivity contribution in [3.05, 3.63) is 88.0 Å². The van der Waals surface area contributed by atoms with E-state index in [4.69, 9.17) is 0 Å². The van der Waals surface area contributed by atoms with Crippen LogP contribution in [0.25, 0.3) is 11.4 Å². The van der Waals surface area contributed by atoms with Gasteiger partial charge in [0.05, 0.1) is 17.9 Å². The van der Waals surface area contributed by atoms with Crippen LogP contribution in [-0.2, 0) is 11.3 Å². The minimum absolute atomic E-state index is 0.120. The highest BCUT2D eigenvalue weighted by Crippen LogP contribution is 2.30. The molecule has 4 aromatic rings. The number of amides is 1. The van der Waals surface area contributed by atoms with Crippen molar-refractivity contribution in [2.75, 3.05) is 11.1 Å². The van der Waals surface area contributed by atoms with Gasteiger partial charge in [0.2, 0.25) is 5.91 Å². The van der Waals surface area contributed by atoms with Gasteiger partial charge in [0.15, 0.2) is 11.0 Å². The molecule has 2 N–H and O–H groups in total. The smallest absolute Gasteiger partial charge is 0.234 e. The van der Waals surface area contributed by atoms with Crippen molar-refractivity contribution in [3.8, 4) is 17.1 Å². The van der Waals surface area contributed by atoms with Crippen LogP contribution in [0, 0.1) is 3.57 Å². The van der Waals surface area contributed by atoms with Crippen LogP contribution in [0.3, 0.4) is 0 Å². The van der Waals surface area contributed by atoms with Crippen LogP contribution >= 0.6 is 34.4 Å². The molecular weight excluding hydrogens is 523 g/mol. The van der Waals surface area contributed by atoms with E-state index in [0.717, 1.165) is 14.8 Å². The number of nitrogens with zero attached hydrogens (tertiary/aromatic N) is 3. The molecule has 1 amide bonds. The summed E-state index contributed by atoms with van der Waals surface area (Å²) >= 11 is 3.52.